The number of hydrogen-bond acceptors (Lipinski definition) is 7. The Morgan fingerprint density at radius 1 is 1.03 bits per heavy atom. The van der Waals surface area contributed by atoms with Crippen LogP contribution in [0, 0.1) is 6.92 Å². The van der Waals surface area contributed by atoms with Crippen molar-refractivity contribution in [3.63, 3.8) is 0 Å². The van der Waals surface area contributed by atoms with Gasteiger partial charge in [-0.1, -0.05) is 18.2 Å². The SMILES string of the molecule is CC(=O)c1cc2c(cc1NC(=O)COC(=O)CNC(=O)c1ccccc1C)OCO2. The molecular formula is C21H20N2O7. The van der Waals surface area contributed by atoms with E-state index in [-0.39, 0.29) is 30.4 Å². The molecule has 0 fully saturated rings. The second kappa shape index (κ2) is 9.08. The van der Waals surface area contributed by atoms with Crippen LogP contribution in [-0.4, -0.2) is 43.5 Å². The van der Waals surface area contributed by atoms with Gasteiger partial charge in [-0.05, 0) is 31.5 Å². The van der Waals surface area contributed by atoms with Crippen molar-refractivity contribution in [3.05, 3.63) is 53.1 Å². The zero-order chi connectivity index (χ0) is 21.7. The third-order valence-electron chi connectivity index (χ3n) is 4.31. The van der Waals surface area contributed by atoms with E-state index in [1.165, 1.54) is 19.1 Å². The third-order valence-corrected chi connectivity index (χ3v) is 4.31. The second-order valence-corrected chi connectivity index (χ2v) is 6.51. The molecule has 0 atom stereocenters. The summed E-state index contributed by atoms with van der Waals surface area (Å²) in [7, 11) is 0. The van der Waals surface area contributed by atoms with Gasteiger partial charge in [0.05, 0.1) is 5.69 Å². The number of nitrogens with one attached hydrogen (secondary N) is 2. The van der Waals surface area contributed by atoms with E-state index in [1.54, 1.807) is 31.2 Å². The van der Waals surface area contributed by atoms with Crippen molar-refractivity contribution in [1.29, 1.82) is 0 Å². The van der Waals surface area contributed by atoms with Crippen LogP contribution in [0.25, 0.3) is 0 Å². The monoisotopic (exact) mass is 412 g/mol. The Morgan fingerprint density at radius 3 is 2.43 bits per heavy atom. The molecule has 0 saturated heterocycles. The maximum Gasteiger partial charge on any atom is 0.325 e. The second-order valence-electron chi connectivity index (χ2n) is 6.51. The summed E-state index contributed by atoms with van der Waals surface area (Å²) in [6, 6.07) is 9.89. The standard InChI is InChI=1S/C21H20N2O7/c1-12-5-3-4-6-14(12)21(27)22-9-20(26)28-10-19(25)23-16-8-18-17(29-11-30-18)7-15(16)13(2)24/h3-8H,9-11H2,1-2H3,(H,22,27)(H,23,25). The van der Waals surface area contributed by atoms with Gasteiger partial charge >= 0.3 is 5.97 Å². The predicted octanol–water partition coefficient (Wildman–Crippen LogP) is 1.84. The van der Waals surface area contributed by atoms with Gasteiger partial charge in [0.2, 0.25) is 6.79 Å². The summed E-state index contributed by atoms with van der Waals surface area (Å²) in [5, 5.41) is 4.96. The van der Waals surface area contributed by atoms with Crippen molar-refractivity contribution in [2.75, 3.05) is 25.3 Å². The molecule has 2 amide bonds. The van der Waals surface area contributed by atoms with Gasteiger partial charge in [-0.15, -0.1) is 0 Å². The van der Waals surface area contributed by atoms with Gasteiger partial charge in [-0.3, -0.25) is 19.2 Å². The number of benzene rings is 2. The first-order valence-electron chi connectivity index (χ1n) is 9.09. The molecule has 1 aliphatic rings. The minimum absolute atomic E-state index is 0.0237. The van der Waals surface area contributed by atoms with Crippen molar-refractivity contribution < 1.29 is 33.4 Å². The highest BCUT2D eigenvalue weighted by molar-refractivity contribution is 6.05. The Hall–Kier alpha value is -3.88. The number of esters is 1. The lowest BCUT2D eigenvalue weighted by Gasteiger charge is -2.11. The van der Waals surface area contributed by atoms with E-state index in [2.05, 4.69) is 10.6 Å². The molecule has 9 nitrogen and oxygen atoms in total. The Labute approximate surface area is 172 Å². The quantitative estimate of drug-likeness (QED) is 0.526. The molecule has 30 heavy (non-hydrogen) atoms. The van der Waals surface area contributed by atoms with Crippen LogP contribution < -0.4 is 20.1 Å². The number of carbonyl (C=O) groups is 4. The fraction of sp³-hybridized carbons (Fsp3) is 0.238. The normalized spacial score (nSPS) is 11.5. The Bertz CT molecular complexity index is 1020. The van der Waals surface area contributed by atoms with Gasteiger partial charge in [-0.2, -0.15) is 0 Å². The summed E-state index contributed by atoms with van der Waals surface area (Å²) in [4.78, 5) is 47.9. The van der Waals surface area contributed by atoms with Crippen LogP contribution in [0.15, 0.2) is 36.4 Å². The van der Waals surface area contributed by atoms with Crippen molar-refractivity contribution >= 4 is 29.3 Å². The van der Waals surface area contributed by atoms with Gasteiger partial charge in [0.15, 0.2) is 23.9 Å². The Morgan fingerprint density at radius 2 is 1.73 bits per heavy atom. The van der Waals surface area contributed by atoms with Crippen molar-refractivity contribution in [1.82, 2.24) is 5.32 Å². The maximum atomic E-state index is 12.1. The van der Waals surface area contributed by atoms with Gasteiger partial charge < -0.3 is 24.8 Å². The van der Waals surface area contributed by atoms with Crippen LogP contribution in [0.2, 0.25) is 0 Å². The molecule has 0 unspecified atom stereocenters. The number of amides is 2. The first kappa shape index (κ1) is 20.8. The van der Waals surface area contributed by atoms with Crippen molar-refractivity contribution in [2.45, 2.75) is 13.8 Å². The van der Waals surface area contributed by atoms with E-state index < -0.39 is 24.4 Å². The van der Waals surface area contributed by atoms with E-state index >= 15 is 0 Å². The molecule has 0 aliphatic carbocycles. The molecule has 156 valence electrons. The molecule has 9 heteroatoms. The maximum absolute atomic E-state index is 12.1. The number of hydrogen-bond donors (Lipinski definition) is 2. The van der Waals surface area contributed by atoms with E-state index in [1.807, 2.05) is 0 Å². The number of ether oxygens (including phenoxy) is 3. The average molecular weight is 412 g/mol. The molecule has 2 N–H and O–H groups in total. The van der Waals surface area contributed by atoms with Gasteiger partial charge in [0.1, 0.15) is 6.54 Å². The summed E-state index contributed by atoms with van der Waals surface area (Å²) >= 11 is 0. The summed E-state index contributed by atoms with van der Waals surface area (Å²) < 4.78 is 15.3. The molecule has 2 aromatic rings. The van der Waals surface area contributed by atoms with Gasteiger partial charge in [0.25, 0.3) is 11.8 Å². The molecule has 0 saturated carbocycles. The van der Waals surface area contributed by atoms with Crippen molar-refractivity contribution in [3.8, 4) is 11.5 Å². The third kappa shape index (κ3) is 4.93. The zero-order valence-corrected chi connectivity index (χ0v) is 16.4. The largest absolute Gasteiger partial charge is 0.454 e. The van der Waals surface area contributed by atoms with Crippen LogP contribution in [0.1, 0.15) is 33.2 Å². The molecule has 1 aliphatic heterocycles. The van der Waals surface area contributed by atoms with Crippen LogP contribution in [0.5, 0.6) is 11.5 Å². The number of rotatable bonds is 7. The summed E-state index contributed by atoms with van der Waals surface area (Å²) in [6.45, 7) is 2.19. The highest BCUT2D eigenvalue weighted by atomic mass is 16.7. The molecule has 0 aromatic heterocycles. The van der Waals surface area contributed by atoms with E-state index in [0.29, 0.717) is 17.1 Å². The van der Waals surface area contributed by atoms with Crippen LogP contribution in [-0.2, 0) is 14.3 Å². The minimum atomic E-state index is -0.774. The van der Waals surface area contributed by atoms with Crippen LogP contribution >= 0.6 is 0 Å². The molecule has 0 spiro atoms. The lowest BCUT2D eigenvalue weighted by molar-refractivity contribution is -0.146. The lowest BCUT2D eigenvalue weighted by atomic mass is 10.1. The molecule has 0 radical (unpaired) electrons. The molecule has 0 bridgehead atoms. The van der Waals surface area contributed by atoms with E-state index in [9.17, 15) is 19.2 Å². The Balaban J connectivity index is 1.51. The number of fused-ring (bicyclic) bond motifs is 1. The van der Waals surface area contributed by atoms with Crippen LogP contribution in [0.4, 0.5) is 5.69 Å². The summed E-state index contributed by atoms with van der Waals surface area (Å²) in [5.41, 5.74) is 1.68. The molecular weight excluding hydrogens is 392 g/mol. The highest BCUT2D eigenvalue weighted by Gasteiger charge is 2.21. The number of ketones is 1. The van der Waals surface area contributed by atoms with Gasteiger partial charge in [0, 0.05) is 17.2 Å². The number of anilines is 1. The minimum Gasteiger partial charge on any atom is -0.454 e. The highest BCUT2D eigenvalue weighted by Crippen LogP contribution is 2.37. The van der Waals surface area contributed by atoms with Gasteiger partial charge in [-0.25, -0.2) is 0 Å². The summed E-state index contributed by atoms with van der Waals surface area (Å²) in [5.74, 6) is -1.31. The molecule has 1 heterocycles. The smallest absolute Gasteiger partial charge is 0.325 e. The van der Waals surface area contributed by atoms with E-state index in [4.69, 9.17) is 14.2 Å². The van der Waals surface area contributed by atoms with E-state index in [0.717, 1.165) is 5.56 Å². The molecule has 2 aromatic carbocycles. The fourth-order valence-corrected chi connectivity index (χ4v) is 2.80. The summed E-state index contributed by atoms with van der Waals surface area (Å²) in [6.07, 6.45) is 0. The molecule has 3 rings (SSSR count). The first-order chi connectivity index (χ1) is 14.3. The van der Waals surface area contributed by atoms with Crippen LogP contribution in [0.3, 0.4) is 0 Å². The average Bonchev–Trinajstić information content (AvgIpc) is 3.17. The predicted molar refractivity (Wildman–Crippen MR) is 106 cm³/mol. The number of carbonyl (C=O) groups excluding carboxylic acids is 4. The zero-order valence-electron chi connectivity index (χ0n) is 16.4. The lowest BCUT2D eigenvalue weighted by Crippen LogP contribution is -2.32. The number of aryl methyl sites for hydroxylation is 1. The van der Waals surface area contributed by atoms with Crippen molar-refractivity contribution in [2.24, 2.45) is 0 Å². The first-order valence-corrected chi connectivity index (χ1v) is 9.09. The topological polar surface area (TPSA) is 120 Å². The fourth-order valence-electron chi connectivity index (χ4n) is 2.80. The Kier molecular flexibility index (Phi) is 6.31. The number of Topliss-reactive ketones (excluding diaryl/α,β-unsaturated/α-hetero) is 1.